The maximum absolute atomic E-state index is 12.9. The van der Waals surface area contributed by atoms with Crippen molar-refractivity contribution in [1.29, 1.82) is 0 Å². The SMILES string of the molecule is O=C(CNC(=O)c1cccc(C(F)(F)F)c1)NC1CN(C2CCC(c3ccc(Cc4nn[nH]n4)cc3)CC2)C1. The van der Waals surface area contributed by atoms with Gasteiger partial charge in [0.1, 0.15) is 0 Å². The number of H-pyrrole nitrogens is 1. The van der Waals surface area contributed by atoms with Crippen LogP contribution in [0.25, 0.3) is 0 Å². The van der Waals surface area contributed by atoms with Crippen LogP contribution in [0.1, 0.15) is 64.5 Å². The lowest BCUT2D eigenvalue weighted by Crippen LogP contribution is -2.63. The summed E-state index contributed by atoms with van der Waals surface area (Å²) in [6.45, 7) is 1.23. The number of carbonyl (C=O) groups is 2. The molecule has 5 rings (SSSR count). The third kappa shape index (κ3) is 6.80. The number of rotatable bonds is 8. The molecule has 2 amide bonds. The topological polar surface area (TPSA) is 116 Å². The third-order valence-electron chi connectivity index (χ3n) is 7.55. The number of nitrogens with one attached hydrogen (secondary N) is 3. The average Bonchev–Trinajstić information content (AvgIpc) is 3.42. The fourth-order valence-corrected chi connectivity index (χ4v) is 5.40. The number of hydrogen-bond acceptors (Lipinski definition) is 6. The highest BCUT2D eigenvalue weighted by Crippen LogP contribution is 2.36. The molecule has 2 aliphatic rings. The van der Waals surface area contributed by atoms with Crippen LogP contribution in [-0.4, -0.2) is 69.1 Å². The minimum absolute atomic E-state index is 0.00688. The average molecular weight is 542 g/mol. The van der Waals surface area contributed by atoms with Gasteiger partial charge in [0.15, 0.2) is 5.82 Å². The van der Waals surface area contributed by atoms with Crippen molar-refractivity contribution in [3.05, 3.63) is 76.6 Å². The molecule has 1 saturated heterocycles. The largest absolute Gasteiger partial charge is 0.416 e. The quantitative estimate of drug-likeness (QED) is 0.404. The Bertz CT molecular complexity index is 1270. The minimum Gasteiger partial charge on any atom is -0.349 e. The molecular formula is C27H30F3N7O2. The van der Waals surface area contributed by atoms with Crippen LogP contribution in [0.4, 0.5) is 13.2 Å². The highest BCUT2D eigenvalue weighted by molar-refractivity contribution is 5.96. The van der Waals surface area contributed by atoms with Crippen molar-refractivity contribution in [2.45, 2.75) is 56.3 Å². The molecule has 2 aromatic carbocycles. The first kappa shape index (κ1) is 26.8. The van der Waals surface area contributed by atoms with Gasteiger partial charge in [-0.15, -0.1) is 10.2 Å². The van der Waals surface area contributed by atoms with Gasteiger partial charge in [0.2, 0.25) is 5.91 Å². The van der Waals surface area contributed by atoms with E-state index in [4.69, 9.17) is 0 Å². The van der Waals surface area contributed by atoms with Gasteiger partial charge >= 0.3 is 6.18 Å². The highest BCUT2D eigenvalue weighted by atomic mass is 19.4. The van der Waals surface area contributed by atoms with Crippen LogP contribution in [0, 0.1) is 0 Å². The first-order chi connectivity index (χ1) is 18.7. The number of aromatic nitrogens is 4. The van der Waals surface area contributed by atoms with Gasteiger partial charge < -0.3 is 10.6 Å². The number of hydrogen-bond donors (Lipinski definition) is 3. The van der Waals surface area contributed by atoms with E-state index in [1.54, 1.807) is 0 Å². The molecule has 1 aliphatic carbocycles. The van der Waals surface area contributed by atoms with Gasteiger partial charge in [-0.3, -0.25) is 14.5 Å². The van der Waals surface area contributed by atoms with Crippen molar-refractivity contribution in [3.8, 4) is 0 Å². The smallest absolute Gasteiger partial charge is 0.349 e. The normalized spacial score (nSPS) is 20.3. The molecule has 2 heterocycles. The summed E-state index contributed by atoms with van der Waals surface area (Å²) in [6, 6.07) is 13.3. The number of alkyl halides is 3. The zero-order valence-corrected chi connectivity index (χ0v) is 21.2. The lowest BCUT2D eigenvalue weighted by Gasteiger charge is -2.46. The predicted octanol–water partition coefficient (Wildman–Crippen LogP) is 3.07. The molecule has 0 unspecified atom stereocenters. The first-order valence-electron chi connectivity index (χ1n) is 13.0. The van der Waals surface area contributed by atoms with E-state index in [-0.39, 0.29) is 24.1 Å². The van der Waals surface area contributed by atoms with Gasteiger partial charge in [-0.1, -0.05) is 35.5 Å². The van der Waals surface area contributed by atoms with Gasteiger partial charge in [0.25, 0.3) is 5.91 Å². The molecule has 0 bridgehead atoms. The molecule has 3 N–H and O–H groups in total. The van der Waals surface area contributed by atoms with Gasteiger partial charge in [0, 0.05) is 31.1 Å². The molecule has 0 atom stereocenters. The number of amides is 2. The molecule has 0 radical (unpaired) electrons. The second-order valence-corrected chi connectivity index (χ2v) is 10.2. The van der Waals surface area contributed by atoms with Crippen LogP contribution in [0.15, 0.2) is 48.5 Å². The van der Waals surface area contributed by atoms with Crippen molar-refractivity contribution in [1.82, 2.24) is 36.2 Å². The maximum atomic E-state index is 12.9. The summed E-state index contributed by atoms with van der Waals surface area (Å²) >= 11 is 0. The number of benzene rings is 2. The zero-order valence-electron chi connectivity index (χ0n) is 21.2. The minimum atomic E-state index is -4.54. The molecular weight excluding hydrogens is 511 g/mol. The predicted molar refractivity (Wildman–Crippen MR) is 136 cm³/mol. The Kier molecular flexibility index (Phi) is 7.92. The Hall–Kier alpha value is -3.80. The summed E-state index contributed by atoms with van der Waals surface area (Å²) in [5.41, 5.74) is 1.46. The van der Waals surface area contributed by atoms with Gasteiger partial charge in [-0.25, -0.2) is 0 Å². The van der Waals surface area contributed by atoms with Crippen molar-refractivity contribution < 1.29 is 22.8 Å². The highest BCUT2D eigenvalue weighted by Gasteiger charge is 2.35. The fourth-order valence-electron chi connectivity index (χ4n) is 5.40. The van der Waals surface area contributed by atoms with Crippen LogP contribution in [0.3, 0.4) is 0 Å². The van der Waals surface area contributed by atoms with E-state index in [1.807, 2.05) is 0 Å². The number of tetrazole rings is 1. The van der Waals surface area contributed by atoms with Crippen molar-refractivity contribution >= 4 is 11.8 Å². The number of carbonyl (C=O) groups excluding carboxylic acids is 2. The summed E-state index contributed by atoms with van der Waals surface area (Å²) in [5, 5.41) is 19.3. The molecule has 1 aliphatic heterocycles. The summed E-state index contributed by atoms with van der Waals surface area (Å²) in [7, 11) is 0. The second-order valence-electron chi connectivity index (χ2n) is 10.2. The molecule has 2 fully saturated rings. The lowest BCUT2D eigenvalue weighted by atomic mass is 9.80. The lowest BCUT2D eigenvalue weighted by molar-refractivity contribution is -0.137. The molecule has 12 heteroatoms. The van der Waals surface area contributed by atoms with E-state index in [1.165, 1.54) is 17.7 Å². The number of likely N-dealkylation sites (tertiary alicyclic amines) is 1. The van der Waals surface area contributed by atoms with E-state index in [2.05, 4.69) is 60.4 Å². The Morgan fingerprint density at radius 1 is 1.03 bits per heavy atom. The summed E-state index contributed by atoms with van der Waals surface area (Å²) in [6.07, 6.45) is 0.546. The Morgan fingerprint density at radius 2 is 1.77 bits per heavy atom. The molecule has 1 saturated carbocycles. The van der Waals surface area contributed by atoms with Crippen molar-refractivity contribution in [2.75, 3.05) is 19.6 Å². The van der Waals surface area contributed by atoms with E-state index in [0.29, 0.717) is 24.2 Å². The van der Waals surface area contributed by atoms with E-state index in [9.17, 15) is 22.8 Å². The second kappa shape index (κ2) is 11.5. The third-order valence-corrected chi connectivity index (χ3v) is 7.55. The molecule has 0 spiro atoms. The summed E-state index contributed by atoms with van der Waals surface area (Å²) in [5.74, 6) is 0.140. The Balaban J connectivity index is 0.999. The number of aromatic amines is 1. The first-order valence-corrected chi connectivity index (χ1v) is 13.0. The summed E-state index contributed by atoms with van der Waals surface area (Å²) < 4.78 is 38.6. The molecule has 206 valence electrons. The monoisotopic (exact) mass is 541 g/mol. The molecule has 39 heavy (non-hydrogen) atoms. The molecule has 1 aromatic heterocycles. The van der Waals surface area contributed by atoms with E-state index < -0.39 is 17.6 Å². The molecule has 3 aromatic rings. The van der Waals surface area contributed by atoms with Gasteiger partial charge in [-0.2, -0.15) is 18.4 Å². The zero-order chi connectivity index (χ0) is 27.4. The van der Waals surface area contributed by atoms with Crippen molar-refractivity contribution in [3.63, 3.8) is 0 Å². The summed E-state index contributed by atoms with van der Waals surface area (Å²) in [4.78, 5) is 26.8. The van der Waals surface area contributed by atoms with Crippen LogP contribution in [0.2, 0.25) is 0 Å². The Labute approximate surface area is 223 Å². The Morgan fingerprint density at radius 3 is 2.44 bits per heavy atom. The van der Waals surface area contributed by atoms with Crippen LogP contribution in [0.5, 0.6) is 0 Å². The number of halogens is 3. The van der Waals surface area contributed by atoms with E-state index in [0.717, 1.165) is 56.5 Å². The molecule has 9 nitrogen and oxygen atoms in total. The maximum Gasteiger partial charge on any atom is 0.416 e. The van der Waals surface area contributed by atoms with E-state index >= 15 is 0 Å². The standard InChI is InChI=1S/C27H30F3N7O2/c28-27(29,30)21-3-1-2-20(13-21)26(39)31-14-25(38)32-22-15-37(16-22)23-10-8-19(9-11-23)18-6-4-17(5-7-18)12-24-33-35-36-34-24/h1-7,13,19,22-23H,8-12,14-16H2,(H,31,39)(H,32,38)(H,33,34,35,36). The number of nitrogens with zero attached hydrogens (tertiary/aromatic N) is 4. The van der Waals surface area contributed by atoms with Crippen LogP contribution >= 0.6 is 0 Å². The van der Waals surface area contributed by atoms with Crippen LogP contribution in [-0.2, 0) is 17.4 Å². The van der Waals surface area contributed by atoms with Gasteiger partial charge in [0.05, 0.1) is 18.2 Å². The van der Waals surface area contributed by atoms with Crippen LogP contribution < -0.4 is 10.6 Å². The fraction of sp³-hybridized carbons (Fsp3) is 0.444. The van der Waals surface area contributed by atoms with Crippen molar-refractivity contribution in [2.24, 2.45) is 0 Å². The van der Waals surface area contributed by atoms with Gasteiger partial charge in [-0.05, 0) is 60.9 Å².